The molecule has 0 aromatic rings. The molecule has 13 heavy (non-hydrogen) atoms. The fourth-order valence-electron chi connectivity index (χ4n) is 2.93. The van der Waals surface area contributed by atoms with E-state index in [0.717, 1.165) is 4.66 Å². The van der Waals surface area contributed by atoms with E-state index >= 15 is 0 Å². The summed E-state index contributed by atoms with van der Waals surface area (Å²) in [6.45, 7) is 14.3. The Morgan fingerprint density at radius 2 is 0.923 bits per heavy atom. The highest BCUT2D eigenvalue weighted by Crippen LogP contribution is 2.42. The topological polar surface area (TPSA) is 0 Å². The van der Waals surface area contributed by atoms with E-state index in [1.807, 2.05) is 0 Å². The number of rotatable bonds is 2. The van der Waals surface area contributed by atoms with Gasteiger partial charge in [0.15, 0.2) is 0 Å². The molecule has 0 atom stereocenters. The van der Waals surface area contributed by atoms with Crippen LogP contribution in [0.2, 0.25) is 4.66 Å². The Morgan fingerprint density at radius 1 is 0.692 bits per heavy atom. The van der Waals surface area contributed by atoms with Crippen LogP contribution in [-0.4, -0.2) is 20.5 Å². The van der Waals surface area contributed by atoms with Crippen LogP contribution >= 0.6 is 0 Å². The predicted molar refractivity (Wildman–Crippen MR) is 70.7 cm³/mol. The van der Waals surface area contributed by atoms with Crippen molar-refractivity contribution in [3.8, 4) is 0 Å². The molecule has 0 amide bonds. The summed E-state index contributed by atoms with van der Waals surface area (Å²) in [6.07, 6.45) is 2.85. The van der Waals surface area contributed by atoms with Gasteiger partial charge in [0.25, 0.3) is 0 Å². The number of hydrogen-bond donors (Lipinski definition) is 0. The molecule has 0 spiro atoms. The minimum absolute atomic E-state index is 0.523. The summed E-state index contributed by atoms with van der Waals surface area (Å²) < 4.78 is 0.747. The molecular weight excluding hydrogens is 188 g/mol. The summed E-state index contributed by atoms with van der Waals surface area (Å²) >= 11 is 0. The van der Waals surface area contributed by atoms with Gasteiger partial charge in [-0.2, -0.15) is 0 Å². The van der Waals surface area contributed by atoms with Crippen LogP contribution in [0.5, 0.6) is 0 Å². The molecule has 2 heteroatoms. The highest BCUT2D eigenvalue weighted by molar-refractivity contribution is 6.39. The Hall–Kier alpha value is 0.434. The van der Waals surface area contributed by atoms with Gasteiger partial charge >= 0.3 is 0 Å². The minimum Gasteiger partial charge on any atom is -0.0602 e. The van der Waals surface area contributed by atoms with Gasteiger partial charge in [0, 0.05) is 20.5 Å². The van der Waals surface area contributed by atoms with E-state index in [2.05, 4.69) is 41.5 Å². The maximum absolute atomic E-state index is 2.38. The Labute approximate surface area is 90.7 Å². The Kier molecular flexibility index (Phi) is 4.02. The van der Waals surface area contributed by atoms with Gasteiger partial charge < -0.3 is 0 Å². The second kappa shape index (κ2) is 3.89. The van der Waals surface area contributed by atoms with Crippen molar-refractivity contribution in [3.05, 3.63) is 0 Å². The zero-order valence-electron chi connectivity index (χ0n) is 10.9. The van der Waals surface area contributed by atoms with E-state index in [4.69, 9.17) is 0 Å². The molecule has 0 aliphatic carbocycles. The van der Waals surface area contributed by atoms with Crippen LogP contribution in [0.25, 0.3) is 0 Å². The van der Waals surface area contributed by atoms with Gasteiger partial charge in [-0.25, -0.2) is 0 Å². The normalized spacial score (nSPS) is 15.2. The minimum atomic E-state index is 0.523. The molecule has 0 saturated heterocycles. The summed E-state index contributed by atoms with van der Waals surface area (Å²) in [5, 5.41) is 0. The monoisotopic (exact) mass is 216 g/mol. The second-order valence-corrected chi connectivity index (χ2v) is 14.5. The molecule has 0 aromatic heterocycles. The molecule has 0 fully saturated rings. The lowest BCUT2D eigenvalue weighted by Gasteiger charge is -2.37. The maximum Gasteiger partial charge on any atom is 0.00628 e. The van der Waals surface area contributed by atoms with Crippen LogP contribution in [0.4, 0.5) is 0 Å². The lowest BCUT2D eigenvalue weighted by Crippen LogP contribution is -2.26. The average molecular weight is 217 g/mol. The van der Waals surface area contributed by atoms with Crippen molar-refractivity contribution in [1.29, 1.82) is 0 Å². The van der Waals surface area contributed by atoms with Crippen molar-refractivity contribution in [2.24, 2.45) is 10.8 Å². The molecule has 0 nitrogen and oxygen atoms in total. The van der Waals surface area contributed by atoms with E-state index in [-0.39, 0.29) is 0 Å². The standard InChI is InChI=1S/C11H28Si2/c1-9(2,3)7-11(12,13)8-10(4,5)6/h7-8H2,1-6,12-13H3. The van der Waals surface area contributed by atoms with Crippen molar-refractivity contribution in [2.75, 3.05) is 0 Å². The summed E-state index contributed by atoms with van der Waals surface area (Å²) in [5.41, 5.74) is 1.05. The first-order chi connectivity index (χ1) is 5.41. The summed E-state index contributed by atoms with van der Waals surface area (Å²) in [7, 11) is 2.74. The molecule has 0 unspecified atom stereocenters. The van der Waals surface area contributed by atoms with Crippen molar-refractivity contribution in [1.82, 2.24) is 0 Å². The van der Waals surface area contributed by atoms with E-state index in [9.17, 15) is 0 Å². The number of hydrogen-bond acceptors (Lipinski definition) is 0. The first kappa shape index (κ1) is 13.4. The van der Waals surface area contributed by atoms with E-state index in [1.165, 1.54) is 33.3 Å². The third-order valence-electron chi connectivity index (χ3n) is 2.02. The fourth-order valence-corrected chi connectivity index (χ4v) is 7.18. The van der Waals surface area contributed by atoms with Crippen molar-refractivity contribution in [3.63, 3.8) is 0 Å². The molecule has 0 aliphatic heterocycles. The quantitative estimate of drug-likeness (QED) is 0.617. The van der Waals surface area contributed by atoms with Crippen LogP contribution in [-0.2, 0) is 0 Å². The Bertz CT molecular complexity index is 140. The van der Waals surface area contributed by atoms with Crippen LogP contribution < -0.4 is 0 Å². The molecule has 0 radical (unpaired) electrons. The van der Waals surface area contributed by atoms with Gasteiger partial charge in [0.2, 0.25) is 0 Å². The van der Waals surface area contributed by atoms with Gasteiger partial charge in [0.05, 0.1) is 0 Å². The van der Waals surface area contributed by atoms with Crippen LogP contribution in [0.15, 0.2) is 0 Å². The smallest absolute Gasteiger partial charge is 0.00628 e. The zero-order valence-corrected chi connectivity index (χ0v) is 14.9. The van der Waals surface area contributed by atoms with Crippen molar-refractivity contribution < 1.29 is 0 Å². The maximum atomic E-state index is 2.38. The van der Waals surface area contributed by atoms with Gasteiger partial charge in [-0.3, -0.25) is 0 Å². The second-order valence-electron chi connectivity index (χ2n) is 7.64. The van der Waals surface area contributed by atoms with E-state index < -0.39 is 0 Å². The van der Waals surface area contributed by atoms with Crippen molar-refractivity contribution in [2.45, 2.75) is 59.0 Å². The molecule has 0 saturated carbocycles. The van der Waals surface area contributed by atoms with Gasteiger partial charge in [0.1, 0.15) is 0 Å². The third-order valence-corrected chi connectivity index (χ3v) is 3.43. The summed E-state index contributed by atoms with van der Waals surface area (Å²) in [4.78, 5) is 0. The van der Waals surface area contributed by atoms with Gasteiger partial charge in [-0.15, -0.1) is 0 Å². The van der Waals surface area contributed by atoms with E-state index in [1.54, 1.807) is 0 Å². The third kappa shape index (κ3) is 8.76. The lowest BCUT2D eigenvalue weighted by molar-refractivity contribution is 0.282. The SMILES string of the molecule is CC(C)(C)CC([SiH3])([SiH3])CC(C)(C)C. The Morgan fingerprint density at radius 3 is 1.08 bits per heavy atom. The molecule has 0 heterocycles. The molecule has 0 aromatic carbocycles. The van der Waals surface area contributed by atoms with Gasteiger partial charge in [-0.1, -0.05) is 46.2 Å². The molecule has 0 bridgehead atoms. The van der Waals surface area contributed by atoms with Crippen molar-refractivity contribution >= 4 is 20.5 Å². The molecular formula is C11H28Si2. The Balaban J connectivity index is 4.25. The summed E-state index contributed by atoms with van der Waals surface area (Å²) in [5.74, 6) is 0. The first-order valence-electron chi connectivity index (χ1n) is 5.41. The van der Waals surface area contributed by atoms with Crippen LogP contribution in [0.3, 0.4) is 0 Å². The highest BCUT2D eigenvalue weighted by Gasteiger charge is 2.29. The summed E-state index contributed by atoms with van der Waals surface area (Å²) in [6, 6.07) is 0. The predicted octanol–water partition coefficient (Wildman–Crippen LogP) is 1.71. The zero-order chi connectivity index (χ0) is 10.9. The molecule has 80 valence electrons. The molecule has 0 aliphatic rings. The average Bonchev–Trinajstić information content (AvgIpc) is 1.43. The largest absolute Gasteiger partial charge is 0.0602 e. The highest BCUT2D eigenvalue weighted by atomic mass is 28.2. The lowest BCUT2D eigenvalue weighted by atomic mass is 9.83. The molecule has 0 rings (SSSR count). The van der Waals surface area contributed by atoms with Gasteiger partial charge in [-0.05, 0) is 23.7 Å². The van der Waals surface area contributed by atoms with E-state index in [0.29, 0.717) is 10.8 Å². The first-order valence-corrected chi connectivity index (χ1v) is 7.41. The van der Waals surface area contributed by atoms with Crippen LogP contribution in [0, 0.1) is 10.8 Å². The van der Waals surface area contributed by atoms with Crippen LogP contribution in [0.1, 0.15) is 54.4 Å². The molecule has 0 N–H and O–H groups in total. The fraction of sp³-hybridized carbons (Fsp3) is 1.00.